The van der Waals surface area contributed by atoms with E-state index in [1.807, 2.05) is 42.5 Å². The Morgan fingerprint density at radius 1 is 1.07 bits per heavy atom. The second-order valence-corrected chi connectivity index (χ2v) is 5.99. The smallest absolute Gasteiger partial charge is 0.255 e. The molecule has 3 N–H and O–H groups in total. The Balaban J connectivity index is 1.70. The number of benzene rings is 3. The van der Waals surface area contributed by atoms with Gasteiger partial charge >= 0.3 is 0 Å². The van der Waals surface area contributed by atoms with Gasteiger partial charge in [-0.15, -0.1) is 0 Å². The van der Waals surface area contributed by atoms with Crippen LogP contribution in [0.3, 0.4) is 0 Å². The average molecular weight is 375 g/mol. The third-order valence-electron chi connectivity index (χ3n) is 4.06. The van der Waals surface area contributed by atoms with Crippen molar-refractivity contribution in [3.63, 3.8) is 0 Å². The van der Waals surface area contributed by atoms with Gasteiger partial charge in [-0.2, -0.15) is 5.10 Å². The number of hydrazone groups is 1. The number of nitrogens with two attached hydrogens (primary N) is 1. The molecule has 0 aliphatic carbocycles. The molecule has 0 aliphatic rings. The van der Waals surface area contributed by atoms with E-state index >= 15 is 0 Å². The standard InChI is InChI=1S/C22H21N3O3/c1-27-19-11-9-18(10-12-19)22(26)25-20-7-2-3-8-21(20)28-15-17-6-4-5-16(13-17)14-24-23/h2-14H,15,23H2,1H3,(H,25,26). The van der Waals surface area contributed by atoms with Gasteiger partial charge in [0.1, 0.15) is 18.1 Å². The van der Waals surface area contributed by atoms with Crippen LogP contribution in [0.4, 0.5) is 5.69 Å². The molecule has 0 aliphatic heterocycles. The quantitative estimate of drug-likeness (QED) is 0.373. The Morgan fingerprint density at radius 2 is 1.86 bits per heavy atom. The van der Waals surface area contributed by atoms with Gasteiger partial charge in [0.2, 0.25) is 0 Å². The fourth-order valence-electron chi connectivity index (χ4n) is 2.64. The van der Waals surface area contributed by atoms with E-state index in [0.717, 1.165) is 11.1 Å². The van der Waals surface area contributed by atoms with E-state index in [-0.39, 0.29) is 5.91 Å². The van der Waals surface area contributed by atoms with Gasteiger partial charge in [-0.25, -0.2) is 0 Å². The van der Waals surface area contributed by atoms with Gasteiger partial charge in [0.05, 0.1) is 19.0 Å². The maximum atomic E-state index is 12.5. The van der Waals surface area contributed by atoms with Crippen LogP contribution in [0.15, 0.2) is 77.9 Å². The van der Waals surface area contributed by atoms with E-state index in [2.05, 4.69) is 10.4 Å². The number of amides is 1. The lowest BCUT2D eigenvalue weighted by Crippen LogP contribution is -2.12. The molecule has 0 saturated carbocycles. The summed E-state index contributed by atoms with van der Waals surface area (Å²) >= 11 is 0. The zero-order chi connectivity index (χ0) is 19.8. The van der Waals surface area contributed by atoms with E-state index < -0.39 is 0 Å². The summed E-state index contributed by atoms with van der Waals surface area (Å²) < 4.78 is 11.0. The molecule has 3 rings (SSSR count). The number of anilines is 1. The van der Waals surface area contributed by atoms with E-state index in [9.17, 15) is 4.79 Å². The SMILES string of the molecule is COc1ccc(C(=O)Nc2ccccc2OCc2cccc(C=NN)c2)cc1. The monoisotopic (exact) mass is 375 g/mol. The van der Waals surface area contributed by atoms with Gasteiger partial charge in [0.25, 0.3) is 5.91 Å². The number of hydrogen-bond donors (Lipinski definition) is 2. The molecule has 3 aromatic rings. The molecule has 28 heavy (non-hydrogen) atoms. The van der Waals surface area contributed by atoms with Crippen LogP contribution in [-0.2, 0) is 6.61 Å². The number of nitrogens with one attached hydrogen (secondary N) is 1. The lowest BCUT2D eigenvalue weighted by Gasteiger charge is -2.13. The number of ether oxygens (including phenoxy) is 2. The second-order valence-electron chi connectivity index (χ2n) is 5.99. The van der Waals surface area contributed by atoms with E-state index in [4.69, 9.17) is 15.3 Å². The fourth-order valence-corrected chi connectivity index (χ4v) is 2.64. The van der Waals surface area contributed by atoms with Crippen LogP contribution in [0.1, 0.15) is 21.5 Å². The largest absolute Gasteiger partial charge is 0.497 e. The van der Waals surface area contributed by atoms with Gasteiger partial charge in [-0.05, 0) is 53.6 Å². The summed E-state index contributed by atoms with van der Waals surface area (Å²) in [7, 11) is 1.58. The van der Waals surface area contributed by atoms with Crippen molar-refractivity contribution in [2.75, 3.05) is 12.4 Å². The van der Waals surface area contributed by atoms with Crippen LogP contribution in [-0.4, -0.2) is 19.2 Å². The molecule has 142 valence electrons. The van der Waals surface area contributed by atoms with Gasteiger partial charge in [0.15, 0.2) is 0 Å². The van der Waals surface area contributed by atoms with Crippen LogP contribution in [0.2, 0.25) is 0 Å². The number of rotatable bonds is 7. The van der Waals surface area contributed by atoms with Crippen molar-refractivity contribution in [3.05, 3.63) is 89.5 Å². The van der Waals surface area contributed by atoms with E-state index in [0.29, 0.717) is 29.4 Å². The summed E-state index contributed by atoms with van der Waals surface area (Å²) in [4.78, 5) is 12.5. The average Bonchev–Trinajstić information content (AvgIpc) is 2.74. The number of hydrogen-bond acceptors (Lipinski definition) is 5. The van der Waals surface area contributed by atoms with Gasteiger partial charge in [-0.1, -0.05) is 30.3 Å². The molecule has 0 spiro atoms. The summed E-state index contributed by atoms with van der Waals surface area (Å²) in [6, 6.07) is 21.9. The highest BCUT2D eigenvalue weighted by Crippen LogP contribution is 2.25. The predicted molar refractivity (Wildman–Crippen MR) is 110 cm³/mol. The van der Waals surface area contributed by atoms with E-state index in [1.165, 1.54) is 0 Å². The molecule has 0 bridgehead atoms. The highest BCUT2D eigenvalue weighted by atomic mass is 16.5. The molecule has 6 nitrogen and oxygen atoms in total. The summed E-state index contributed by atoms with van der Waals surface area (Å²) in [5.74, 6) is 6.26. The number of methoxy groups -OCH3 is 1. The van der Waals surface area contributed by atoms with Crippen molar-refractivity contribution < 1.29 is 14.3 Å². The summed E-state index contributed by atoms with van der Waals surface area (Å²) in [6.07, 6.45) is 1.58. The summed E-state index contributed by atoms with van der Waals surface area (Å²) in [6.45, 7) is 0.349. The molecular weight excluding hydrogens is 354 g/mol. The highest BCUT2D eigenvalue weighted by molar-refractivity contribution is 6.05. The molecular formula is C22H21N3O3. The Labute approximate surface area is 163 Å². The van der Waals surface area contributed by atoms with Crippen LogP contribution in [0, 0.1) is 0 Å². The third kappa shape index (κ3) is 4.88. The van der Waals surface area contributed by atoms with Crippen LogP contribution < -0.4 is 20.6 Å². The maximum Gasteiger partial charge on any atom is 0.255 e. The zero-order valence-corrected chi connectivity index (χ0v) is 15.5. The normalized spacial score (nSPS) is 10.6. The first-order valence-electron chi connectivity index (χ1n) is 8.69. The van der Waals surface area contributed by atoms with E-state index in [1.54, 1.807) is 43.7 Å². The van der Waals surface area contributed by atoms with Gasteiger partial charge in [0, 0.05) is 5.56 Å². The van der Waals surface area contributed by atoms with Crippen molar-refractivity contribution in [1.82, 2.24) is 0 Å². The lowest BCUT2D eigenvalue weighted by atomic mass is 10.1. The zero-order valence-electron chi connectivity index (χ0n) is 15.5. The molecule has 1 amide bonds. The van der Waals surface area contributed by atoms with Crippen molar-refractivity contribution >= 4 is 17.8 Å². The van der Waals surface area contributed by atoms with Crippen molar-refractivity contribution in [2.24, 2.45) is 10.9 Å². The Hall–Kier alpha value is -3.80. The van der Waals surface area contributed by atoms with Crippen LogP contribution in [0.5, 0.6) is 11.5 Å². The number of nitrogens with zero attached hydrogens (tertiary/aromatic N) is 1. The molecule has 0 unspecified atom stereocenters. The Bertz CT molecular complexity index is 969. The molecule has 6 heteroatoms. The summed E-state index contributed by atoms with van der Waals surface area (Å²) in [5, 5.41) is 6.42. The first-order chi connectivity index (χ1) is 13.7. The minimum absolute atomic E-state index is 0.222. The van der Waals surface area contributed by atoms with Crippen molar-refractivity contribution in [1.29, 1.82) is 0 Å². The van der Waals surface area contributed by atoms with Gasteiger partial charge in [-0.3, -0.25) is 4.79 Å². The Morgan fingerprint density at radius 3 is 2.61 bits per heavy atom. The molecule has 0 saturated heterocycles. The van der Waals surface area contributed by atoms with Crippen LogP contribution in [0.25, 0.3) is 0 Å². The number of para-hydroxylation sites is 2. The maximum absolute atomic E-state index is 12.5. The lowest BCUT2D eigenvalue weighted by molar-refractivity contribution is 0.102. The topological polar surface area (TPSA) is 85.9 Å². The molecule has 0 fully saturated rings. The predicted octanol–water partition coefficient (Wildman–Crippen LogP) is 3.82. The Kier molecular flexibility index (Phi) is 6.25. The first kappa shape index (κ1) is 19.0. The first-order valence-corrected chi connectivity index (χ1v) is 8.69. The molecule has 3 aromatic carbocycles. The van der Waals surface area contributed by atoms with Crippen molar-refractivity contribution in [2.45, 2.75) is 6.61 Å². The minimum Gasteiger partial charge on any atom is -0.497 e. The fraction of sp³-hybridized carbons (Fsp3) is 0.0909. The van der Waals surface area contributed by atoms with Crippen LogP contribution >= 0.6 is 0 Å². The number of carbonyl (C=O) groups excluding carboxylic acids is 1. The molecule has 0 heterocycles. The van der Waals surface area contributed by atoms with Gasteiger partial charge < -0.3 is 20.6 Å². The molecule has 0 atom stereocenters. The highest BCUT2D eigenvalue weighted by Gasteiger charge is 2.10. The van der Waals surface area contributed by atoms with Crippen molar-refractivity contribution in [3.8, 4) is 11.5 Å². The number of carbonyl (C=O) groups is 1. The molecule has 0 aromatic heterocycles. The minimum atomic E-state index is -0.222. The summed E-state index contributed by atoms with van der Waals surface area (Å²) in [5.41, 5.74) is 2.99. The second kappa shape index (κ2) is 9.23. The third-order valence-corrected chi connectivity index (χ3v) is 4.06. The molecule has 0 radical (unpaired) electrons.